The highest BCUT2D eigenvalue weighted by Gasteiger charge is 2.12. The number of aryl methyl sites for hydroxylation is 1. The van der Waals surface area contributed by atoms with E-state index >= 15 is 0 Å². The molecule has 1 aromatic heterocycles. The predicted molar refractivity (Wildman–Crippen MR) is 63.9 cm³/mol. The molecule has 0 bridgehead atoms. The lowest BCUT2D eigenvalue weighted by atomic mass is 10.0. The maximum Gasteiger partial charge on any atom is 0.320 e. The van der Waals surface area contributed by atoms with Crippen molar-refractivity contribution in [2.45, 2.75) is 18.9 Å². The number of H-pyrrole nitrogens is 1. The lowest BCUT2D eigenvalue weighted by Crippen LogP contribution is -2.30. The fourth-order valence-corrected chi connectivity index (χ4v) is 1.82. The molecule has 0 aliphatic heterocycles. The topological polar surface area (TPSA) is 99.3 Å². The lowest BCUT2D eigenvalue weighted by Gasteiger charge is -2.05. The number of aromatic amines is 1. The molecule has 0 spiro atoms. The van der Waals surface area contributed by atoms with Gasteiger partial charge in [0.2, 0.25) is 0 Å². The van der Waals surface area contributed by atoms with Crippen LogP contribution < -0.4 is 5.73 Å². The highest BCUT2D eigenvalue weighted by atomic mass is 16.4. The first kappa shape index (κ1) is 11.5. The lowest BCUT2D eigenvalue weighted by molar-refractivity contribution is -0.138. The monoisotopic (exact) mass is 234 g/mol. The summed E-state index contributed by atoms with van der Waals surface area (Å²) in [7, 11) is 0. The fourth-order valence-electron chi connectivity index (χ4n) is 1.82. The van der Waals surface area contributed by atoms with Crippen molar-refractivity contribution in [1.82, 2.24) is 4.98 Å². The number of hydrogen-bond acceptors (Lipinski definition) is 3. The molecule has 2 rings (SSSR count). The molecule has 0 saturated carbocycles. The van der Waals surface area contributed by atoms with Crippen molar-refractivity contribution in [2.75, 3.05) is 0 Å². The number of aromatic nitrogens is 1. The van der Waals surface area contributed by atoms with E-state index in [9.17, 15) is 9.90 Å². The number of fused-ring (bicyclic) bond motifs is 1. The van der Waals surface area contributed by atoms with Gasteiger partial charge in [-0.1, -0.05) is 0 Å². The maximum absolute atomic E-state index is 10.6. The smallest absolute Gasteiger partial charge is 0.320 e. The van der Waals surface area contributed by atoms with Gasteiger partial charge in [0.05, 0.1) is 0 Å². The summed E-state index contributed by atoms with van der Waals surface area (Å²) in [4.78, 5) is 13.6. The molecular formula is C12H14N2O3. The molecule has 0 saturated heterocycles. The number of nitrogens with two attached hydrogens (primary N) is 1. The van der Waals surface area contributed by atoms with Gasteiger partial charge < -0.3 is 20.9 Å². The summed E-state index contributed by atoms with van der Waals surface area (Å²) >= 11 is 0. The van der Waals surface area contributed by atoms with Crippen molar-refractivity contribution in [3.63, 3.8) is 0 Å². The first-order chi connectivity index (χ1) is 8.08. The van der Waals surface area contributed by atoms with Gasteiger partial charge in [0, 0.05) is 23.2 Å². The zero-order chi connectivity index (χ0) is 12.4. The van der Waals surface area contributed by atoms with Crippen molar-refractivity contribution < 1.29 is 15.0 Å². The standard InChI is InChI=1S/C12H14N2O3/c13-10(12(16)17)4-1-7-6-14-11-5-8(15)2-3-9(7)11/h2-3,5-6,10,14-15H,1,4,13H2,(H,16,17). The molecule has 0 aliphatic rings. The first-order valence-corrected chi connectivity index (χ1v) is 5.35. The van der Waals surface area contributed by atoms with E-state index in [0.29, 0.717) is 12.8 Å². The highest BCUT2D eigenvalue weighted by molar-refractivity contribution is 5.84. The van der Waals surface area contributed by atoms with Gasteiger partial charge in [0.25, 0.3) is 0 Å². The van der Waals surface area contributed by atoms with Crippen LogP contribution in [0.3, 0.4) is 0 Å². The van der Waals surface area contributed by atoms with E-state index in [1.54, 1.807) is 12.1 Å². The van der Waals surface area contributed by atoms with Gasteiger partial charge in [-0.05, 0) is 30.5 Å². The Bertz CT molecular complexity index is 548. The van der Waals surface area contributed by atoms with Crippen molar-refractivity contribution in [1.29, 1.82) is 0 Å². The highest BCUT2D eigenvalue weighted by Crippen LogP contribution is 2.23. The molecule has 0 amide bonds. The molecule has 17 heavy (non-hydrogen) atoms. The number of phenolic OH excluding ortho intramolecular Hbond substituents is 1. The van der Waals surface area contributed by atoms with Crippen molar-refractivity contribution >= 4 is 16.9 Å². The minimum atomic E-state index is -0.984. The van der Waals surface area contributed by atoms with Gasteiger partial charge in [0.15, 0.2) is 0 Å². The summed E-state index contributed by atoms with van der Waals surface area (Å²) in [6, 6.07) is 4.22. The van der Waals surface area contributed by atoms with Crippen LogP contribution in [0.2, 0.25) is 0 Å². The molecule has 5 nitrogen and oxygen atoms in total. The minimum Gasteiger partial charge on any atom is -0.508 e. The second-order valence-electron chi connectivity index (χ2n) is 4.03. The molecule has 0 fully saturated rings. The number of aromatic hydroxyl groups is 1. The average molecular weight is 234 g/mol. The van der Waals surface area contributed by atoms with Crippen molar-refractivity contribution in [2.24, 2.45) is 5.73 Å². The number of benzene rings is 1. The number of carboxylic acids is 1. The Balaban J connectivity index is 2.17. The Morgan fingerprint density at radius 2 is 2.24 bits per heavy atom. The SMILES string of the molecule is NC(CCc1c[nH]c2cc(O)ccc12)C(=O)O. The predicted octanol–water partition coefficient (Wildman–Crippen LogP) is 1.22. The summed E-state index contributed by atoms with van der Waals surface area (Å²) in [5, 5.41) is 19.0. The third-order valence-electron chi connectivity index (χ3n) is 2.79. The van der Waals surface area contributed by atoms with Gasteiger partial charge >= 0.3 is 5.97 Å². The molecular weight excluding hydrogens is 220 g/mol. The van der Waals surface area contributed by atoms with E-state index in [1.807, 2.05) is 12.3 Å². The first-order valence-electron chi connectivity index (χ1n) is 5.35. The number of aliphatic carboxylic acids is 1. The quantitative estimate of drug-likeness (QED) is 0.639. The second kappa shape index (κ2) is 4.47. The van der Waals surface area contributed by atoms with Crippen molar-refractivity contribution in [3.05, 3.63) is 30.0 Å². The summed E-state index contributed by atoms with van der Waals surface area (Å²) < 4.78 is 0. The third-order valence-corrected chi connectivity index (χ3v) is 2.79. The number of carbonyl (C=O) groups is 1. The summed E-state index contributed by atoms with van der Waals surface area (Å²) in [6.07, 6.45) is 2.81. The Morgan fingerprint density at radius 1 is 1.47 bits per heavy atom. The number of phenols is 1. The Hall–Kier alpha value is -2.01. The van der Waals surface area contributed by atoms with Crippen LogP contribution >= 0.6 is 0 Å². The molecule has 0 radical (unpaired) electrons. The Kier molecular flexibility index (Phi) is 3.01. The zero-order valence-electron chi connectivity index (χ0n) is 9.18. The van der Waals surface area contributed by atoms with Crippen LogP contribution in [0.5, 0.6) is 5.75 Å². The average Bonchev–Trinajstić information content (AvgIpc) is 2.67. The molecule has 1 atom stereocenters. The van der Waals surface area contributed by atoms with Crippen LogP contribution in [0, 0.1) is 0 Å². The van der Waals surface area contributed by atoms with E-state index in [2.05, 4.69) is 4.98 Å². The van der Waals surface area contributed by atoms with Crippen LogP contribution in [0.15, 0.2) is 24.4 Å². The number of carboxylic acid groups (broad SMARTS) is 1. The van der Waals surface area contributed by atoms with E-state index in [-0.39, 0.29) is 5.75 Å². The fraction of sp³-hybridized carbons (Fsp3) is 0.250. The maximum atomic E-state index is 10.6. The van der Waals surface area contributed by atoms with Crippen LogP contribution in [-0.2, 0) is 11.2 Å². The number of nitrogens with one attached hydrogen (secondary N) is 1. The third kappa shape index (κ3) is 2.39. The van der Waals surface area contributed by atoms with Gasteiger partial charge in [-0.2, -0.15) is 0 Å². The normalized spacial score (nSPS) is 12.8. The van der Waals surface area contributed by atoms with Gasteiger partial charge in [-0.15, -0.1) is 0 Å². The van der Waals surface area contributed by atoms with Crippen LogP contribution in [-0.4, -0.2) is 27.2 Å². The van der Waals surface area contributed by atoms with E-state index in [4.69, 9.17) is 10.8 Å². The minimum absolute atomic E-state index is 0.202. The summed E-state index contributed by atoms with van der Waals surface area (Å²) in [5.41, 5.74) is 7.30. The molecule has 5 heteroatoms. The van der Waals surface area contributed by atoms with Crippen LogP contribution in [0.25, 0.3) is 10.9 Å². The molecule has 90 valence electrons. The van der Waals surface area contributed by atoms with E-state index in [0.717, 1.165) is 16.5 Å². The molecule has 1 unspecified atom stereocenters. The van der Waals surface area contributed by atoms with E-state index < -0.39 is 12.0 Å². The van der Waals surface area contributed by atoms with Gasteiger partial charge in [-0.25, -0.2) is 0 Å². The van der Waals surface area contributed by atoms with E-state index in [1.165, 1.54) is 0 Å². The summed E-state index contributed by atoms with van der Waals surface area (Å²) in [5.74, 6) is -0.782. The molecule has 2 aromatic rings. The number of hydrogen-bond donors (Lipinski definition) is 4. The van der Waals surface area contributed by atoms with Crippen LogP contribution in [0.4, 0.5) is 0 Å². The Labute approximate surface area is 97.9 Å². The number of rotatable bonds is 4. The summed E-state index contributed by atoms with van der Waals surface area (Å²) in [6.45, 7) is 0. The zero-order valence-corrected chi connectivity index (χ0v) is 9.18. The Morgan fingerprint density at radius 3 is 2.94 bits per heavy atom. The van der Waals surface area contributed by atoms with Crippen molar-refractivity contribution in [3.8, 4) is 5.75 Å². The largest absolute Gasteiger partial charge is 0.508 e. The molecule has 0 aliphatic carbocycles. The van der Waals surface area contributed by atoms with Gasteiger partial charge in [0.1, 0.15) is 11.8 Å². The van der Waals surface area contributed by atoms with Crippen LogP contribution in [0.1, 0.15) is 12.0 Å². The molecule has 1 heterocycles. The molecule has 5 N–H and O–H groups in total. The molecule has 1 aromatic carbocycles. The second-order valence-corrected chi connectivity index (χ2v) is 4.03. The van der Waals surface area contributed by atoms with Gasteiger partial charge in [-0.3, -0.25) is 4.79 Å².